The van der Waals surface area contributed by atoms with Crippen LogP contribution in [0.1, 0.15) is 21.6 Å². The Morgan fingerprint density at radius 2 is 2.11 bits per heavy atom. The molecule has 14 heteroatoms. The van der Waals surface area contributed by atoms with E-state index in [1.54, 1.807) is 30.4 Å². The van der Waals surface area contributed by atoms with Crippen LogP contribution in [-0.2, 0) is 18.4 Å². The molecule has 0 aliphatic carbocycles. The van der Waals surface area contributed by atoms with Gasteiger partial charge < -0.3 is 15.0 Å². The molecule has 194 valence electrons. The van der Waals surface area contributed by atoms with Crippen LogP contribution in [0.15, 0.2) is 36.8 Å². The van der Waals surface area contributed by atoms with Gasteiger partial charge in [-0.2, -0.15) is 28.3 Å². The molecule has 1 aliphatic rings. The Bertz CT molecular complexity index is 1500. The van der Waals surface area contributed by atoms with E-state index in [4.69, 9.17) is 16.4 Å². The van der Waals surface area contributed by atoms with Crippen LogP contribution >= 0.6 is 11.6 Å². The standard InChI is InChI=1S/C23H21ClF3N7O3/c1-12-13(7-33-9-15(35)11-37-33)8-34(31-12)21-18(24)6-28-22(30-21)29-14-3-4-19-16(5-14)17(10-32(19)2)20(36)23(25,26)27/h3-6,8,10,15,35H,7,9,11H2,1-2H3,(H,28,29,30)/t15-/m0/s1. The molecule has 1 aliphatic heterocycles. The van der Waals surface area contributed by atoms with Crippen LogP contribution in [0.5, 0.6) is 0 Å². The fraction of sp³-hybridized carbons (Fsp3) is 0.304. The van der Waals surface area contributed by atoms with Gasteiger partial charge in [-0.25, -0.2) is 9.67 Å². The van der Waals surface area contributed by atoms with Crippen LogP contribution in [0.25, 0.3) is 16.7 Å². The molecule has 0 radical (unpaired) electrons. The molecule has 4 heterocycles. The van der Waals surface area contributed by atoms with Crippen molar-refractivity contribution in [2.75, 3.05) is 18.5 Å². The van der Waals surface area contributed by atoms with E-state index in [1.165, 1.54) is 21.5 Å². The molecule has 0 amide bonds. The topological polar surface area (TPSA) is 110 Å². The van der Waals surface area contributed by atoms with Crippen molar-refractivity contribution in [3.63, 3.8) is 0 Å². The van der Waals surface area contributed by atoms with Crippen molar-refractivity contribution in [1.82, 2.24) is 29.4 Å². The second kappa shape index (κ2) is 9.41. The second-order valence-corrected chi connectivity index (χ2v) is 9.07. The number of nitrogens with one attached hydrogen (secondary N) is 1. The van der Waals surface area contributed by atoms with Gasteiger partial charge in [0.1, 0.15) is 5.02 Å². The van der Waals surface area contributed by atoms with Crippen LogP contribution in [0.3, 0.4) is 0 Å². The van der Waals surface area contributed by atoms with Crippen molar-refractivity contribution in [2.45, 2.75) is 25.7 Å². The number of carbonyl (C=O) groups is 1. The van der Waals surface area contributed by atoms with Gasteiger partial charge in [-0.05, 0) is 25.1 Å². The molecular weight excluding hydrogens is 515 g/mol. The molecule has 37 heavy (non-hydrogen) atoms. The number of ketones is 1. The Morgan fingerprint density at radius 3 is 2.81 bits per heavy atom. The lowest BCUT2D eigenvalue weighted by molar-refractivity contribution is -0.118. The summed E-state index contributed by atoms with van der Waals surface area (Å²) in [5, 5.41) is 19.1. The van der Waals surface area contributed by atoms with Crippen molar-refractivity contribution in [3.8, 4) is 5.82 Å². The number of Topliss-reactive ketones (excluding diaryl/α,β-unsaturated/α-hetero) is 1. The molecule has 0 bridgehead atoms. The maximum absolute atomic E-state index is 13.1. The second-order valence-electron chi connectivity index (χ2n) is 8.66. The lowest BCUT2D eigenvalue weighted by Crippen LogP contribution is -2.22. The normalized spacial score (nSPS) is 16.6. The molecule has 2 N–H and O–H groups in total. The summed E-state index contributed by atoms with van der Waals surface area (Å²) < 4.78 is 42.2. The summed E-state index contributed by atoms with van der Waals surface area (Å²) in [6, 6.07) is 4.68. The zero-order valence-electron chi connectivity index (χ0n) is 19.6. The van der Waals surface area contributed by atoms with Gasteiger partial charge in [-0.1, -0.05) is 11.6 Å². The van der Waals surface area contributed by atoms with Crippen LogP contribution in [-0.4, -0.2) is 65.7 Å². The summed E-state index contributed by atoms with van der Waals surface area (Å²) in [5.74, 6) is -1.51. The number of carbonyl (C=O) groups excluding carboxylic acids is 1. The third-order valence-electron chi connectivity index (χ3n) is 5.90. The van der Waals surface area contributed by atoms with E-state index >= 15 is 0 Å². The number of aromatic nitrogens is 5. The van der Waals surface area contributed by atoms with Crippen molar-refractivity contribution in [2.24, 2.45) is 7.05 Å². The van der Waals surface area contributed by atoms with E-state index in [0.717, 1.165) is 11.8 Å². The van der Waals surface area contributed by atoms with Crippen LogP contribution in [0.2, 0.25) is 5.02 Å². The third-order valence-corrected chi connectivity index (χ3v) is 6.17. The SMILES string of the molecule is Cc1nn(-c2nc(Nc3ccc4c(c3)c(C(=O)C(F)(F)F)cn4C)ncc2Cl)cc1CN1C[C@H](O)CO1. The first kappa shape index (κ1) is 25.1. The first-order valence-corrected chi connectivity index (χ1v) is 11.5. The van der Waals surface area contributed by atoms with Gasteiger partial charge in [0.15, 0.2) is 5.82 Å². The third kappa shape index (κ3) is 5.03. The smallest absolute Gasteiger partial charge is 0.389 e. The maximum Gasteiger partial charge on any atom is 0.454 e. The molecular formula is C23H21ClF3N7O3. The van der Waals surface area contributed by atoms with Crippen molar-refractivity contribution in [1.29, 1.82) is 0 Å². The number of aliphatic hydroxyl groups excluding tert-OH is 1. The highest BCUT2D eigenvalue weighted by Crippen LogP contribution is 2.31. The molecule has 0 unspecified atom stereocenters. The number of rotatable bonds is 6. The molecule has 1 aromatic carbocycles. The number of β-amino-alcohol motifs (C(OH)–C–C–N with tert-alkyl or cyclic N) is 1. The van der Waals surface area contributed by atoms with Crippen LogP contribution in [0.4, 0.5) is 24.8 Å². The van der Waals surface area contributed by atoms with E-state index in [9.17, 15) is 23.1 Å². The minimum atomic E-state index is -4.99. The predicted octanol–water partition coefficient (Wildman–Crippen LogP) is 3.71. The molecule has 0 saturated carbocycles. The number of hydrogen-bond acceptors (Lipinski definition) is 8. The lowest BCUT2D eigenvalue weighted by atomic mass is 10.1. The summed E-state index contributed by atoms with van der Waals surface area (Å²) in [6.07, 6.45) is -1.26. The van der Waals surface area contributed by atoms with Gasteiger partial charge in [0, 0.05) is 41.6 Å². The Labute approximate surface area is 213 Å². The van der Waals surface area contributed by atoms with Gasteiger partial charge in [0.05, 0.1) is 43.3 Å². The fourth-order valence-corrected chi connectivity index (χ4v) is 4.28. The minimum Gasteiger partial charge on any atom is -0.389 e. The Balaban J connectivity index is 1.42. The highest BCUT2D eigenvalue weighted by Gasteiger charge is 2.40. The number of hydrogen-bond donors (Lipinski definition) is 2. The van der Waals surface area contributed by atoms with Gasteiger partial charge >= 0.3 is 6.18 Å². The Kier molecular flexibility index (Phi) is 6.40. The van der Waals surface area contributed by atoms with E-state index in [-0.39, 0.29) is 28.8 Å². The molecule has 1 saturated heterocycles. The van der Waals surface area contributed by atoms with Crippen LogP contribution < -0.4 is 5.32 Å². The maximum atomic E-state index is 13.1. The number of hydroxylamine groups is 2. The molecule has 4 aromatic rings. The highest BCUT2D eigenvalue weighted by atomic mass is 35.5. The van der Waals surface area contributed by atoms with Gasteiger partial charge in [-0.15, -0.1) is 0 Å². The van der Waals surface area contributed by atoms with Crippen molar-refractivity contribution >= 4 is 39.9 Å². The summed E-state index contributed by atoms with van der Waals surface area (Å²) in [5.41, 5.74) is 1.95. The largest absolute Gasteiger partial charge is 0.454 e. The van der Waals surface area contributed by atoms with Crippen molar-refractivity contribution < 1.29 is 27.9 Å². The molecule has 10 nitrogen and oxygen atoms in total. The molecule has 0 spiro atoms. The summed E-state index contributed by atoms with van der Waals surface area (Å²) in [7, 11) is 1.56. The number of halogens is 4. The summed E-state index contributed by atoms with van der Waals surface area (Å²) in [4.78, 5) is 25.9. The van der Waals surface area contributed by atoms with Gasteiger partial charge in [-0.3, -0.25) is 9.63 Å². The van der Waals surface area contributed by atoms with Gasteiger partial charge in [0.25, 0.3) is 5.78 Å². The molecule has 1 fully saturated rings. The van der Waals surface area contributed by atoms with Crippen molar-refractivity contribution in [3.05, 3.63) is 58.6 Å². The average molecular weight is 536 g/mol. The number of fused-ring (bicyclic) bond motifs is 1. The number of anilines is 2. The van der Waals surface area contributed by atoms with E-state index in [2.05, 4.69) is 20.4 Å². The predicted molar refractivity (Wildman–Crippen MR) is 128 cm³/mol. The molecule has 3 aromatic heterocycles. The number of nitrogens with zero attached hydrogens (tertiary/aromatic N) is 6. The van der Waals surface area contributed by atoms with E-state index in [0.29, 0.717) is 30.0 Å². The monoisotopic (exact) mass is 535 g/mol. The van der Waals surface area contributed by atoms with Gasteiger partial charge in [0.2, 0.25) is 5.95 Å². The fourth-order valence-electron chi connectivity index (χ4n) is 4.10. The molecule has 5 rings (SSSR count). The highest BCUT2D eigenvalue weighted by molar-refractivity contribution is 6.32. The zero-order valence-corrected chi connectivity index (χ0v) is 20.4. The summed E-state index contributed by atoms with van der Waals surface area (Å²) in [6.45, 7) is 2.85. The number of alkyl halides is 3. The first-order valence-electron chi connectivity index (χ1n) is 11.1. The molecule has 1 atom stereocenters. The quantitative estimate of drug-likeness (QED) is 0.360. The lowest BCUT2D eigenvalue weighted by Gasteiger charge is -2.12. The first-order chi connectivity index (χ1) is 17.5. The minimum absolute atomic E-state index is 0.124. The number of aliphatic hydroxyl groups is 1. The van der Waals surface area contributed by atoms with Crippen LogP contribution in [0, 0.1) is 6.92 Å². The Hall–Kier alpha value is -3.52. The summed E-state index contributed by atoms with van der Waals surface area (Å²) >= 11 is 6.34. The van der Waals surface area contributed by atoms with E-state index in [1.807, 2.05) is 6.92 Å². The Morgan fingerprint density at radius 1 is 1.32 bits per heavy atom. The number of benzene rings is 1. The number of aryl methyl sites for hydroxylation is 2. The zero-order chi connectivity index (χ0) is 26.5. The average Bonchev–Trinajstić information content (AvgIpc) is 3.51. The van der Waals surface area contributed by atoms with E-state index < -0.39 is 23.6 Å².